The quantitative estimate of drug-likeness (QED) is 0.0709. The van der Waals surface area contributed by atoms with E-state index in [-0.39, 0.29) is 28.3 Å². The molecule has 1 unspecified atom stereocenters. The van der Waals surface area contributed by atoms with Crippen LogP contribution < -0.4 is 19.7 Å². The van der Waals surface area contributed by atoms with Crippen LogP contribution in [0.2, 0.25) is 0 Å². The Morgan fingerprint density at radius 3 is 2.50 bits per heavy atom. The van der Waals surface area contributed by atoms with Gasteiger partial charge in [-0.05, 0) is 121 Å². The average Bonchev–Trinajstić information content (AvgIpc) is 3.80. The molecule has 14 heteroatoms. The monoisotopic (exact) mass is 854 g/mol. The number of nitrogens with one attached hydrogen (secondary N) is 3. The van der Waals surface area contributed by atoms with Crippen LogP contribution in [0.5, 0.6) is 11.5 Å². The topological polar surface area (TPSA) is 169 Å². The molecule has 0 radical (unpaired) electrons. The first kappa shape index (κ1) is 41.1. The van der Waals surface area contributed by atoms with Gasteiger partial charge in [0.2, 0.25) is 0 Å². The van der Waals surface area contributed by atoms with E-state index in [1.54, 1.807) is 24.4 Å². The lowest BCUT2D eigenvalue weighted by molar-refractivity contribution is -0.384. The number of anilines is 2. The summed E-state index contributed by atoms with van der Waals surface area (Å²) in [4.78, 5) is 35.0. The zero-order valence-corrected chi connectivity index (χ0v) is 35.6. The fourth-order valence-electron chi connectivity index (χ4n) is 9.18. The van der Waals surface area contributed by atoms with Gasteiger partial charge in [-0.25, -0.2) is 18.1 Å². The molecule has 2 saturated heterocycles. The Hall–Kier alpha value is -6.25. The van der Waals surface area contributed by atoms with Gasteiger partial charge in [-0.15, -0.1) is 0 Å². The highest BCUT2D eigenvalue weighted by atomic mass is 32.2. The number of hydrogen-bond acceptors (Lipinski definition) is 10. The zero-order valence-electron chi connectivity index (χ0n) is 34.8. The zero-order chi connectivity index (χ0) is 43.0. The number of benzene rings is 4. The number of nitrogens with zero attached hydrogens (tertiary/aromatic N) is 3. The maximum absolute atomic E-state index is 13.9. The van der Waals surface area contributed by atoms with Crippen LogP contribution in [-0.2, 0) is 20.2 Å². The lowest BCUT2D eigenvalue weighted by atomic mass is 9.74. The first-order chi connectivity index (χ1) is 29.9. The van der Waals surface area contributed by atoms with E-state index in [0.29, 0.717) is 43.1 Å². The van der Waals surface area contributed by atoms with Gasteiger partial charge in [-0.2, -0.15) is 0 Å². The van der Waals surface area contributed by atoms with Gasteiger partial charge in [-0.3, -0.25) is 14.9 Å². The Morgan fingerprint density at radius 2 is 1.73 bits per heavy atom. The molecule has 4 aromatic carbocycles. The molecule has 320 valence electrons. The SMILES string of the molecule is CC(C)(c1ccccc1C1CC1)C1CCCN1c1ccc(-c2ccc(C(=O)NS(=O)(=O)c3ccc(NCC4CCOCC4)c([N+](=O)[O-])c3)c(Oc3cnc4[nH]ccc4c3)c2)cc1. The lowest BCUT2D eigenvalue weighted by Gasteiger charge is -2.40. The van der Waals surface area contributed by atoms with E-state index in [4.69, 9.17) is 9.47 Å². The van der Waals surface area contributed by atoms with Crippen molar-refractivity contribution < 1.29 is 27.6 Å². The number of nitro groups is 1. The molecule has 3 fully saturated rings. The minimum Gasteiger partial charge on any atom is -0.455 e. The van der Waals surface area contributed by atoms with Gasteiger partial charge in [0.15, 0.2) is 0 Å². The predicted molar refractivity (Wildman–Crippen MR) is 240 cm³/mol. The highest BCUT2D eigenvalue weighted by Gasteiger charge is 2.41. The van der Waals surface area contributed by atoms with Crippen molar-refractivity contribution in [2.45, 2.75) is 74.6 Å². The molecule has 6 aromatic rings. The molecular weight excluding hydrogens is 805 g/mol. The number of carbonyl (C=O) groups is 1. The smallest absolute Gasteiger partial charge is 0.293 e. The van der Waals surface area contributed by atoms with Crippen LogP contribution in [0.1, 0.15) is 79.8 Å². The molecule has 0 bridgehead atoms. The molecule has 1 atom stereocenters. The fourth-order valence-corrected chi connectivity index (χ4v) is 10.2. The van der Waals surface area contributed by atoms with E-state index in [1.165, 1.54) is 48.4 Å². The summed E-state index contributed by atoms with van der Waals surface area (Å²) in [6, 6.07) is 29.8. The molecule has 2 aliphatic heterocycles. The van der Waals surface area contributed by atoms with Crippen molar-refractivity contribution in [3.8, 4) is 22.6 Å². The molecule has 2 aromatic heterocycles. The van der Waals surface area contributed by atoms with Crippen LogP contribution in [0, 0.1) is 16.0 Å². The van der Waals surface area contributed by atoms with Crippen molar-refractivity contribution in [2.24, 2.45) is 5.92 Å². The third-order valence-corrected chi connectivity index (χ3v) is 14.1. The minimum atomic E-state index is -4.56. The Labute approximate surface area is 361 Å². The second kappa shape index (κ2) is 16.9. The van der Waals surface area contributed by atoms with E-state index in [0.717, 1.165) is 60.5 Å². The molecule has 4 heterocycles. The van der Waals surface area contributed by atoms with Crippen molar-refractivity contribution >= 4 is 44.0 Å². The predicted octanol–water partition coefficient (Wildman–Crippen LogP) is 9.71. The molecule has 3 N–H and O–H groups in total. The van der Waals surface area contributed by atoms with E-state index < -0.39 is 31.4 Å². The summed E-state index contributed by atoms with van der Waals surface area (Å²) in [5.74, 6) is 0.416. The molecule has 9 rings (SSSR count). The molecule has 13 nitrogen and oxygen atoms in total. The maximum atomic E-state index is 13.9. The van der Waals surface area contributed by atoms with Crippen molar-refractivity contribution in [1.82, 2.24) is 14.7 Å². The number of H-pyrrole nitrogens is 1. The largest absolute Gasteiger partial charge is 0.455 e. The van der Waals surface area contributed by atoms with E-state index in [9.17, 15) is 23.3 Å². The van der Waals surface area contributed by atoms with Gasteiger partial charge in [0, 0.05) is 61.1 Å². The second-order valence-corrected chi connectivity index (χ2v) is 18.9. The number of nitro benzene ring substituents is 1. The third-order valence-electron chi connectivity index (χ3n) is 12.7. The number of fused-ring (bicyclic) bond motifs is 1. The number of carbonyl (C=O) groups excluding carboxylic acids is 1. The van der Waals surface area contributed by atoms with Crippen LogP contribution in [-0.4, -0.2) is 61.6 Å². The van der Waals surface area contributed by atoms with Crippen molar-refractivity contribution in [3.63, 3.8) is 0 Å². The number of sulfonamides is 1. The summed E-state index contributed by atoms with van der Waals surface area (Å²) in [5.41, 5.74) is 6.03. The lowest BCUT2D eigenvalue weighted by Crippen LogP contribution is -2.44. The molecular formula is C48H50N6O7S. The number of aromatic nitrogens is 2. The number of ether oxygens (including phenoxy) is 2. The summed E-state index contributed by atoms with van der Waals surface area (Å²) in [7, 11) is -4.56. The molecule has 1 amide bonds. The fraction of sp³-hybridized carbons (Fsp3) is 0.333. The summed E-state index contributed by atoms with van der Waals surface area (Å²) >= 11 is 0. The van der Waals surface area contributed by atoms with Crippen LogP contribution in [0.25, 0.3) is 22.2 Å². The summed E-state index contributed by atoms with van der Waals surface area (Å²) in [6.07, 6.45) is 9.66. The van der Waals surface area contributed by atoms with Crippen LogP contribution in [0.3, 0.4) is 0 Å². The molecule has 1 aliphatic carbocycles. The standard InChI is InChI=1S/C48H50N6O7S/c1-48(2,41-7-4-3-6-39(41)33-9-10-33)45-8-5-23-53(45)36-14-11-32(12-15-36)34-13-17-40(44(27-34)61-37-26-35-19-22-49-46(35)51-30-37)47(55)52-62(58,59)38-16-18-42(43(28-38)54(56)57)50-29-31-20-24-60-25-21-31/h3-4,6-7,11-19,22,26-28,30-31,33,45,50H,5,8-10,20-21,23-25,29H2,1-2H3,(H,49,51)(H,52,55). The van der Waals surface area contributed by atoms with E-state index in [1.807, 2.05) is 6.07 Å². The molecule has 0 spiro atoms. The highest BCUT2D eigenvalue weighted by molar-refractivity contribution is 7.90. The first-order valence-corrected chi connectivity index (χ1v) is 22.8. The molecule has 3 aliphatic rings. The summed E-state index contributed by atoms with van der Waals surface area (Å²) in [6.45, 7) is 7.46. The maximum Gasteiger partial charge on any atom is 0.293 e. The van der Waals surface area contributed by atoms with Gasteiger partial charge in [-0.1, -0.05) is 56.3 Å². The Balaban J connectivity index is 0.977. The third kappa shape index (κ3) is 8.49. The van der Waals surface area contributed by atoms with Crippen LogP contribution in [0.15, 0.2) is 114 Å². The summed E-state index contributed by atoms with van der Waals surface area (Å²) < 4.78 is 41.2. The normalized spacial score (nSPS) is 17.3. The van der Waals surface area contributed by atoms with Gasteiger partial charge in [0.1, 0.15) is 22.8 Å². The van der Waals surface area contributed by atoms with Gasteiger partial charge in [0.25, 0.3) is 21.6 Å². The van der Waals surface area contributed by atoms with E-state index in [2.05, 4.69) is 87.3 Å². The Kier molecular flexibility index (Phi) is 11.2. The number of hydrogen-bond donors (Lipinski definition) is 3. The minimum absolute atomic E-state index is 0.0528. The average molecular weight is 855 g/mol. The Morgan fingerprint density at radius 1 is 0.952 bits per heavy atom. The van der Waals surface area contributed by atoms with Crippen LogP contribution in [0.4, 0.5) is 17.1 Å². The number of aromatic amines is 1. The highest BCUT2D eigenvalue weighted by Crippen LogP contribution is 2.47. The van der Waals surface area contributed by atoms with Crippen LogP contribution >= 0.6 is 0 Å². The molecule has 62 heavy (non-hydrogen) atoms. The first-order valence-electron chi connectivity index (χ1n) is 21.3. The van der Waals surface area contributed by atoms with Crippen molar-refractivity contribution in [2.75, 3.05) is 36.5 Å². The number of pyridine rings is 1. The second-order valence-electron chi connectivity index (χ2n) is 17.2. The Bertz CT molecular complexity index is 2740. The van der Waals surface area contributed by atoms with Crippen molar-refractivity contribution in [3.05, 3.63) is 136 Å². The van der Waals surface area contributed by atoms with Crippen molar-refractivity contribution in [1.29, 1.82) is 0 Å². The number of rotatable bonds is 14. The van der Waals surface area contributed by atoms with Gasteiger partial charge < -0.3 is 24.7 Å². The summed E-state index contributed by atoms with van der Waals surface area (Å²) in [5, 5.41) is 16.0. The molecule has 1 saturated carbocycles. The van der Waals surface area contributed by atoms with Gasteiger partial charge >= 0.3 is 0 Å². The number of amides is 1. The van der Waals surface area contributed by atoms with E-state index >= 15 is 0 Å². The van der Waals surface area contributed by atoms with Gasteiger partial charge in [0.05, 0.1) is 21.6 Å².